The summed E-state index contributed by atoms with van der Waals surface area (Å²) >= 11 is 0. The average Bonchev–Trinajstić information content (AvgIpc) is 2.95. The third kappa shape index (κ3) is 4.06. The van der Waals surface area contributed by atoms with Gasteiger partial charge in [0.1, 0.15) is 12.2 Å². The van der Waals surface area contributed by atoms with Gasteiger partial charge in [0.05, 0.1) is 12.3 Å². The summed E-state index contributed by atoms with van der Waals surface area (Å²) in [6, 6.07) is 0. The Morgan fingerprint density at radius 3 is 2.68 bits per heavy atom. The lowest BCUT2D eigenvalue weighted by molar-refractivity contribution is -0.121. The second-order valence-corrected chi connectivity index (χ2v) is 6.27. The summed E-state index contributed by atoms with van der Waals surface area (Å²) in [6.45, 7) is 2.30. The molecule has 2 rings (SSSR count). The summed E-state index contributed by atoms with van der Waals surface area (Å²) in [7, 11) is 1.62. The van der Waals surface area contributed by atoms with Crippen LogP contribution in [0.5, 0.6) is 0 Å². The Balaban J connectivity index is 2.05. The Morgan fingerprint density at radius 2 is 2.09 bits per heavy atom. The normalized spacial score (nSPS) is 21.8. The molecule has 0 saturated heterocycles. The van der Waals surface area contributed by atoms with Crippen LogP contribution in [0.1, 0.15) is 69.2 Å². The van der Waals surface area contributed by atoms with E-state index in [0.29, 0.717) is 11.6 Å². The molecule has 1 heterocycles. The molecule has 0 unspecified atom stereocenters. The molecule has 0 aromatic carbocycles. The van der Waals surface area contributed by atoms with Gasteiger partial charge in [0, 0.05) is 13.0 Å². The number of aromatic nitrogens is 3. The molecule has 1 saturated carbocycles. The Hall–Kier alpha value is -1.43. The fraction of sp³-hybridized carbons (Fsp3) is 0.812. The molecule has 0 radical (unpaired) electrons. The van der Waals surface area contributed by atoms with E-state index in [-0.39, 0.29) is 19.1 Å². The number of unbranched alkanes of at least 4 members (excludes halogenated alkanes) is 1. The topological polar surface area (TPSA) is 80.0 Å². The van der Waals surface area contributed by atoms with Crippen molar-refractivity contribution >= 4 is 5.91 Å². The summed E-state index contributed by atoms with van der Waals surface area (Å²) in [6.07, 6.45) is 8.54. The number of nitrogens with zero attached hydrogens (tertiary/aromatic N) is 3. The molecule has 1 aliphatic carbocycles. The predicted octanol–water partition coefficient (Wildman–Crippen LogP) is 1.98. The molecular formula is C16H28N4O2. The van der Waals surface area contributed by atoms with Gasteiger partial charge < -0.3 is 10.4 Å². The first-order chi connectivity index (χ1) is 10.7. The first-order valence-corrected chi connectivity index (χ1v) is 8.43. The smallest absolute Gasteiger partial charge is 0.241 e. The molecule has 1 fully saturated rings. The van der Waals surface area contributed by atoms with Crippen molar-refractivity contribution in [1.82, 2.24) is 20.3 Å². The van der Waals surface area contributed by atoms with Crippen LogP contribution >= 0.6 is 0 Å². The van der Waals surface area contributed by atoms with Crippen LogP contribution in [0.3, 0.4) is 0 Å². The van der Waals surface area contributed by atoms with Gasteiger partial charge in [-0.1, -0.05) is 31.4 Å². The fourth-order valence-electron chi connectivity index (χ4n) is 3.46. The second-order valence-electron chi connectivity index (χ2n) is 6.27. The number of likely N-dealkylation sites (N-methyl/N-ethyl adjacent to an activating group) is 1. The van der Waals surface area contributed by atoms with Gasteiger partial charge in [0.15, 0.2) is 0 Å². The summed E-state index contributed by atoms with van der Waals surface area (Å²) in [5.74, 6) is 1.10. The monoisotopic (exact) mass is 308 g/mol. The molecule has 6 nitrogen and oxygen atoms in total. The van der Waals surface area contributed by atoms with Crippen molar-refractivity contribution in [3.63, 3.8) is 0 Å². The summed E-state index contributed by atoms with van der Waals surface area (Å²) in [4.78, 5) is 11.6. The number of carbonyl (C=O) groups excluding carboxylic acids is 1. The molecule has 0 atom stereocenters. The van der Waals surface area contributed by atoms with Crippen LogP contribution in [0.15, 0.2) is 0 Å². The summed E-state index contributed by atoms with van der Waals surface area (Å²) in [5, 5.41) is 20.2. The van der Waals surface area contributed by atoms with Crippen LogP contribution in [-0.2, 0) is 17.9 Å². The van der Waals surface area contributed by atoms with E-state index in [4.69, 9.17) is 0 Å². The lowest BCUT2D eigenvalue weighted by Crippen LogP contribution is -2.26. The quantitative estimate of drug-likeness (QED) is 0.807. The molecule has 0 spiro atoms. The van der Waals surface area contributed by atoms with Gasteiger partial charge in [-0.05, 0) is 31.6 Å². The molecular weight excluding hydrogens is 280 g/mol. The van der Waals surface area contributed by atoms with E-state index < -0.39 is 0 Å². The van der Waals surface area contributed by atoms with Gasteiger partial charge in [0.25, 0.3) is 0 Å². The lowest BCUT2D eigenvalue weighted by atomic mass is 9.78. The third-order valence-electron chi connectivity index (χ3n) is 4.77. The molecule has 0 aliphatic heterocycles. The van der Waals surface area contributed by atoms with E-state index in [1.165, 1.54) is 32.1 Å². The molecule has 1 aromatic heterocycles. The number of carbonyl (C=O) groups is 1. The van der Waals surface area contributed by atoms with Gasteiger partial charge in [-0.15, -0.1) is 5.10 Å². The minimum absolute atomic E-state index is 0.0905. The minimum Gasteiger partial charge on any atom is -0.390 e. The number of aliphatic hydroxyl groups is 1. The first-order valence-electron chi connectivity index (χ1n) is 8.43. The summed E-state index contributed by atoms with van der Waals surface area (Å²) in [5.41, 5.74) is 1.58. The Kier molecular flexibility index (Phi) is 6.36. The lowest BCUT2D eigenvalue weighted by Gasteiger charge is -2.29. The molecule has 1 amide bonds. The van der Waals surface area contributed by atoms with E-state index >= 15 is 0 Å². The molecule has 124 valence electrons. The zero-order valence-electron chi connectivity index (χ0n) is 13.7. The largest absolute Gasteiger partial charge is 0.390 e. The van der Waals surface area contributed by atoms with Gasteiger partial charge in [-0.2, -0.15) is 0 Å². The van der Waals surface area contributed by atoms with Crippen molar-refractivity contribution in [3.05, 3.63) is 11.4 Å². The van der Waals surface area contributed by atoms with Crippen LogP contribution < -0.4 is 5.32 Å². The highest BCUT2D eigenvalue weighted by Crippen LogP contribution is 2.38. The van der Waals surface area contributed by atoms with Crippen molar-refractivity contribution in [2.24, 2.45) is 5.92 Å². The number of hydrogen-bond donors (Lipinski definition) is 2. The van der Waals surface area contributed by atoms with E-state index in [1.807, 2.05) is 0 Å². The van der Waals surface area contributed by atoms with E-state index in [9.17, 15) is 9.90 Å². The van der Waals surface area contributed by atoms with E-state index in [2.05, 4.69) is 22.6 Å². The highest BCUT2D eigenvalue weighted by Gasteiger charge is 2.28. The zero-order chi connectivity index (χ0) is 15.9. The van der Waals surface area contributed by atoms with Crippen LogP contribution in [0.2, 0.25) is 0 Å². The Bertz CT molecular complexity index is 478. The van der Waals surface area contributed by atoms with E-state index in [1.54, 1.807) is 11.7 Å². The third-order valence-corrected chi connectivity index (χ3v) is 4.77. The second kappa shape index (κ2) is 8.27. The Labute approximate surface area is 132 Å². The average molecular weight is 308 g/mol. The van der Waals surface area contributed by atoms with Gasteiger partial charge in [-0.3, -0.25) is 4.79 Å². The SMILES string of the molecule is CCCCC1CCC(c2c(CO)nnn2CC(=O)NC)CC1. The molecule has 1 aromatic rings. The number of aliphatic hydroxyl groups excluding tert-OH is 1. The summed E-state index contributed by atoms with van der Waals surface area (Å²) < 4.78 is 1.67. The van der Waals surface area contributed by atoms with Crippen molar-refractivity contribution < 1.29 is 9.90 Å². The Morgan fingerprint density at radius 1 is 1.36 bits per heavy atom. The molecule has 2 N–H and O–H groups in total. The molecule has 22 heavy (non-hydrogen) atoms. The maximum atomic E-state index is 11.6. The first kappa shape index (κ1) is 16.9. The fourth-order valence-corrected chi connectivity index (χ4v) is 3.46. The van der Waals surface area contributed by atoms with Crippen LogP contribution in [0.25, 0.3) is 0 Å². The van der Waals surface area contributed by atoms with Crippen molar-refractivity contribution in [2.45, 2.75) is 70.9 Å². The van der Waals surface area contributed by atoms with Crippen molar-refractivity contribution in [2.75, 3.05) is 7.05 Å². The maximum Gasteiger partial charge on any atom is 0.241 e. The molecule has 6 heteroatoms. The predicted molar refractivity (Wildman–Crippen MR) is 84.2 cm³/mol. The standard InChI is InChI=1S/C16H28N4O2/c1-3-4-5-12-6-8-13(9-7-12)16-14(11-21)18-19-20(16)10-15(22)17-2/h12-13,21H,3-11H2,1-2H3,(H,17,22). The van der Waals surface area contributed by atoms with Crippen LogP contribution in [0.4, 0.5) is 0 Å². The van der Waals surface area contributed by atoms with Gasteiger partial charge in [0.2, 0.25) is 5.91 Å². The van der Waals surface area contributed by atoms with Crippen LogP contribution in [0, 0.1) is 5.92 Å². The minimum atomic E-state index is -0.112. The number of amides is 1. The van der Waals surface area contributed by atoms with Gasteiger partial charge in [-0.25, -0.2) is 4.68 Å². The van der Waals surface area contributed by atoms with E-state index in [0.717, 1.165) is 24.5 Å². The van der Waals surface area contributed by atoms with Crippen molar-refractivity contribution in [1.29, 1.82) is 0 Å². The molecule has 0 bridgehead atoms. The highest BCUT2D eigenvalue weighted by molar-refractivity contribution is 5.75. The number of nitrogens with one attached hydrogen (secondary N) is 1. The van der Waals surface area contributed by atoms with Crippen LogP contribution in [-0.4, -0.2) is 33.1 Å². The number of hydrogen-bond acceptors (Lipinski definition) is 4. The number of rotatable bonds is 7. The zero-order valence-corrected chi connectivity index (χ0v) is 13.7. The van der Waals surface area contributed by atoms with Gasteiger partial charge >= 0.3 is 0 Å². The highest BCUT2D eigenvalue weighted by atomic mass is 16.3. The van der Waals surface area contributed by atoms with Crippen molar-refractivity contribution in [3.8, 4) is 0 Å². The maximum absolute atomic E-state index is 11.6. The molecule has 1 aliphatic rings.